The van der Waals surface area contributed by atoms with E-state index in [1.54, 1.807) is 12.1 Å². The Bertz CT molecular complexity index is 902. The van der Waals surface area contributed by atoms with Crippen LogP contribution in [0, 0.1) is 12.8 Å². The third kappa shape index (κ3) is 4.11. The average Bonchev–Trinajstić information content (AvgIpc) is 2.63. The summed E-state index contributed by atoms with van der Waals surface area (Å²) >= 11 is 5.19. The van der Waals surface area contributed by atoms with Gasteiger partial charge in [0.25, 0.3) is 5.91 Å². The van der Waals surface area contributed by atoms with E-state index in [9.17, 15) is 9.59 Å². The first kappa shape index (κ1) is 18.9. The Morgan fingerprint density at radius 1 is 1.07 bits per heavy atom. The molecule has 5 nitrogen and oxygen atoms in total. The van der Waals surface area contributed by atoms with Crippen LogP contribution >= 0.6 is 12.2 Å². The maximum absolute atomic E-state index is 12.9. The van der Waals surface area contributed by atoms with Crippen LogP contribution < -0.4 is 10.2 Å². The van der Waals surface area contributed by atoms with Crippen LogP contribution in [-0.2, 0) is 9.59 Å². The fraction of sp³-hybridized carbons (Fsp3) is 0.238. The summed E-state index contributed by atoms with van der Waals surface area (Å²) in [7, 11) is 0. The number of thiocarbonyl (C=S) groups is 1. The SMILES string of the molecule is Cc1ccc(N2C(=O)[C@@H](C=Nc3ccc(C(C)C)cc3)C(=O)NC2=S)cc1. The van der Waals surface area contributed by atoms with Crippen molar-refractivity contribution in [2.45, 2.75) is 26.7 Å². The van der Waals surface area contributed by atoms with E-state index in [1.807, 2.05) is 43.3 Å². The smallest absolute Gasteiger partial charge is 0.251 e. The summed E-state index contributed by atoms with van der Waals surface area (Å²) in [6.07, 6.45) is 1.38. The van der Waals surface area contributed by atoms with E-state index in [2.05, 4.69) is 24.2 Å². The second-order valence-corrected chi connectivity index (χ2v) is 7.19. The van der Waals surface area contributed by atoms with Gasteiger partial charge in [-0.05, 0) is 54.9 Å². The van der Waals surface area contributed by atoms with Crippen LogP contribution in [0.25, 0.3) is 0 Å². The number of nitrogens with one attached hydrogen (secondary N) is 1. The van der Waals surface area contributed by atoms with Crippen molar-refractivity contribution in [1.82, 2.24) is 5.32 Å². The molecule has 1 saturated heterocycles. The van der Waals surface area contributed by atoms with Crippen molar-refractivity contribution in [2.24, 2.45) is 10.9 Å². The summed E-state index contributed by atoms with van der Waals surface area (Å²) < 4.78 is 0. The fourth-order valence-electron chi connectivity index (χ4n) is 2.77. The molecule has 2 aromatic carbocycles. The van der Waals surface area contributed by atoms with E-state index in [-0.39, 0.29) is 5.11 Å². The highest BCUT2D eigenvalue weighted by Gasteiger charge is 2.38. The van der Waals surface area contributed by atoms with E-state index in [1.165, 1.54) is 16.7 Å². The first-order valence-corrected chi connectivity index (χ1v) is 9.17. The molecule has 27 heavy (non-hydrogen) atoms. The monoisotopic (exact) mass is 379 g/mol. The van der Waals surface area contributed by atoms with E-state index in [0.717, 1.165) is 5.56 Å². The van der Waals surface area contributed by atoms with E-state index >= 15 is 0 Å². The maximum atomic E-state index is 12.9. The van der Waals surface area contributed by atoms with E-state index in [0.29, 0.717) is 17.3 Å². The molecule has 1 aliphatic rings. The number of benzene rings is 2. The number of hydrogen-bond donors (Lipinski definition) is 1. The standard InChI is InChI=1S/C21H21N3O2S/c1-13(2)15-6-8-16(9-7-15)22-12-18-19(25)23-21(27)24(20(18)26)17-10-4-14(3)5-11-17/h4-13,18H,1-3H3,(H,23,25,27)/t18-/m0/s1. The predicted octanol–water partition coefficient (Wildman–Crippen LogP) is 3.88. The first-order valence-electron chi connectivity index (χ1n) is 8.76. The van der Waals surface area contributed by atoms with Crippen molar-refractivity contribution in [1.29, 1.82) is 0 Å². The Morgan fingerprint density at radius 3 is 2.30 bits per heavy atom. The summed E-state index contributed by atoms with van der Waals surface area (Å²) in [6.45, 7) is 6.19. The maximum Gasteiger partial charge on any atom is 0.251 e. The zero-order valence-electron chi connectivity index (χ0n) is 15.5. The van der Waals surface area contributed by atoms with Crippen molar-refractivity contribution < 1.29 is 9.59 Å². The molecule has 6 heteroatoms. The molecular formula is C21H21N3O2S. The van der Waals surface area contributed by atoms with E-state index in [4.69, 9.17) is 12.2 Å². The van der Waals surface area contributed by atoms with Gasteiger partial charge < -0.3 is 5.32 Å². The lowest BCUT2D eigenvalue weighted by molar-refractivity contribution is -0.130. The molecule has 0 saturated carbocycles. The number of anilines is 1. The number of amides is 2. The predicted molar refractivity (Wildman–Crippen MR) is 112 cm³/mol. The van der Waals surface area contributed by atoms with Crippen LogP contribution in [0.5, 0.6) is 0 Å². The molecule has 1 aliphatic heterocycles. The molecule has 0 spiro atoms. The molecule has 1 atom stereocenters. The van der Waals surface area contributed by atoms with Gasteiger partial charge in [-0.1, -0.05) is 43.7 Å². The summed E-state index contributed by atoms with van der Waals surface area (Å²) in [5.74, 6) is -1.47. The van der Waals surface area contributed by atoms with Crippen LogP contribution in [0.1, 0.15) is 30.9 Å². The minimum Gasteiger partial charge on any atom is -0.301 e. The van der Waals surface area contributed by atoms with Crippen LogP contribution in [-0.4, -0.2) is 23.1 Å². The second-order valence-electron chi connectivity index (χ2n) is 6.81. The van der Waals surface area contributed by atoms with Crippen molar-refractivity contribution in [3.63, 3.8) is 0 Å². The molecule has 1 fully saturated rings. The quantitative estimate of drug-likeness (QED) is 0.498. The molecule has 1 N–H and O–H groups in total. The van der Waals surface area contributed by atoms with Gasteiger partial charge in [-0.3, -0.25) is 19.5 Å². The first-order chi connectivity index (χ1) is 12.9. The van der Waals surface area contributed by atoms with Crippen LogP contribution in [0.4, 0.5) is 11.4 Å². The van der Waals surface area contributed by atoms with Crippen molar-refractivity contribution >= 4 is 46.7 Å². The lowest BCUT2D eigenvalue weighted by atomic mass is 10.0. The zero-order valence-corrected chi connectivity index (χ0v) is 16.3. The highest BCUT2D eigenvalue weighted by Crippen LogP contribution is 2.22. The summed E-state index contributed by atoms with van der Waals surface area (Å²) in [5, 5.41) is 2.67. The van der Waals surface area contributed by atoms with Crippen LogP contribution in [0.3, 0.4) is 0 Å². The number of carbonyl (C=O) groups is 2. The van der Waals surface area contributed by atoms with Gasteiger partial charge >= 0.3 is 0 Å². The summed E-state index contributed by atoms with van der Waals surface area (Å²) in [4.78, 5) is 30.8. The van der Waals surface area contributed by atoms with Gasteiger partial charge in [-0.25, -0.2) is 0 Å². The van der Waals surface area contributed by atoms with Crippen LogP contribution in [0.15, 0.2) is 53.5 Å². The number of nitrogens with zero attached hydrogens (tertiary/aromatic N) is 2. The minimum atomic E-state index is -1.03. The number of hydrogen-bond acceptors (Lipinski definition) is 4. The molecule has 0 aliphatic carbocycles. The van der Waals surface area contributed by atoms with Gasteiger partial charge in [-0.2, -0.15) is 0 Å². The Labute approximate surface area is 164 Å². The third-order valence-electron chi connectivity index (χ3n) is 4.43. The largest absolute Gasteiger partial charge is 0.301 e. The number of rotatable bonds is 4. The minimum absolute atomic E-state index is 0.0831. The third-order valence-corrected chi connectivity index (χ3v) is 4.71. The molecule has 2 aromatic rings. The Kier molecular flexibility index (Phi) is 5.46. The Hall–Kier alpha value is -2.86. The number of aliphatic imine (C=N–C) groups is 1. The summed E-state index contributed by atoms with van der Waals surface area (Å²) in [5.41, 5.74) is 3.59. The fourth-order valence-corrected chi connectivity index (χ4v) is 3.06. The lowest BCUT2D eigenvalue weighted by Gasteiger charge is -2.30. The number of carbonyl (C=O) groups excluding carboxylic acids is 2. The summed E-state index contributed by atoms with van der Waals surface area (Å²) in [6, 6.07) is 15.1. The molecule has 138 valence electrons. The van der Waals surface area contributed by atoms with Crippen molar-refractivity contribution in [3.8, 4) is 0 Å². The van der Waals surface area contributed by atoms with Crippen LogP contribution in [0.2, 0.25) is 0 Å². The van der Waals surface area contributed by atoms with Gasteiger partial charge in [0.2, 0.25) is 5.91 Å². The molecular weight excluding hydrogens is 358 g/mol. The highest BCUT2D eigenvalue weighted by molar-refractivity contribution is 7.80. The van der Waals surface area contributed by atoms with Gasteiger partial charge in [0.1, 0.15) is 0 Å². The van der Waals surface area contributed by atoms with Gasteiger partial charge in [0.05, 0.1) is 11.4 Å². The molecule has 1 heterocycles. The van der Waals surface area contributed by atoms with Crippen molar-refractivity contribution in [2.75, 3.05) is 4.90 Å². The Morgan fingerprint density at radius 2 is 1.70 bits per heavy atom. The van der Waals surface area contributed by atoms with E-state index < -0.39 is 17.7 Å². The molecule has 0 radical (unpaired) electrons. The molecule has 0 unspecified atom stereocenters. The van der Waals surface area contributed by atoms with Crippen molar-refractivity contribution in [3.05, 3.63) is 59.7 Å². The molecule has 2 amide bonds. The second kappa shape index (κ2) is 7.80. The lowest BCUT2D eigenvalue weighted by Crippen LogP contribution is -2.58. The molecule has 0 aromatic heterocycles. The Balaban J connectivity index is 1.83. The van der Waals surface area contributed by atoms with Gasteiger partial charge in [0.15, 0.2) is 11.0 Å². The number of aryl methyl sites for hydroxylation is 1. The average molecular weight is 379 g/mol. The zero-order chi connectivity index (χ0) is 19.6. The van der Waals surface area contributed by atoms with Gasteiger partial charge in [-0.15, -0.1) is 0 Å². The molecule has 0 bridgehead atoms. The topological polar surface area (TPSA) is 61.8 Å². The molecule has 3 rings (SSSR count). The van der Waals surface area contributed by atoms with Gasteiger partial charge in [0, 0.05) is 6.21 Å². The highest BCUT2D eigenvalue weighted by atomic mass is 32.1. The normalized spacial score (nSPS) is 17.7.